The Morgan fingerprint density at radius 1 is 0.909 bits per heavy atom. The second-order valence-electron chi connectivity index (χ2n) is 7.75. The van der Waals surface area contributed by atoms with Gasteiger partial charge in [-0.15, -0.1) is 0 Å². The number of ether oxygens (including phenoxy) is 5. The van der Waals surface area contributed by atoms with Gasteiger partial charge >= 0.3 is 5.97 Å². The number of rotatable bonds is 14. The predicted molar refractivity (Wildman–Crippen MR) is 129 cm³/mol. The van der Waals surface area contributed by atoms with Gasteiger partial charge in [0.1, 0.15) is 5.75 Å². The van der Waals surface area contributed by atoms with Crippen LogP contribution in [-0.2, 0) is 11.2 Å². The van der Waals surface area contributed by atoms with E-state index in [1.807, 2.05) is 18.2 Å². The predicted octanol–water partition coefficient (Wildman–Crippen LogP) is 4.61. The van der Waals surface area contributed by atoms with E-state index in [4.69, 9.17) is 23.7 Å². The van der Waals surface area contributed by atoms with Crippen LogP contribution in [-0.4, -0.2) is 65.0 Å². The number of carbonyl (C=O) groups excluding carboxylic acids is 1. The van der Waals surface area contributed by atoms with Crippen molar-refractivity contribution in [1.29, 1.82) is 0 Å². The number of benzene rings is 2. The Bertz CT molecular complexity index is 860. The van der Waals surface area contributed by atoms with Gasteiger partial charge in [-0.1, -0.05) is 25.1 Å². The molecule has 0 aliphatic heterocycles. The maximum atomic E-state index is 12.5. The lowest BCUT2D eigenvalue weighted by Gasteiger charge is -2.28. The van der Waals surface area contributed by atoms with Crippen LogP contribution in [0.15, 0.2) is 36.4 Å². The number of para-hydroxylation sites is 1. The Morgan fingerprint density at radius 3 is 2.12 bits per heavy atom. The van der Waals surface area contributed by atoms with Crippen molar-refractivity contribution < 1.29 is 28.5 Å². The molecule has 0 spiro atoms. The van der Waals surface area contributed by atoms with Crippen molar-refractivity contribution in [2.45, 2.75) is 39.2 Å². The Balaban J connectivity index is 1.83. The van der Waals surface area contributed by atoms with Gasteiger partial charge in [-0.05, 0) is 63.0 Å². The topological polar surface area (TPSA) is 66.5 Å². The molecule has 0 saturated carbocycles. The van der Waals surface area contributed by atoms with Gasteiger partial charge in [-0.25, -0.2) is 4.79 Å². The molecular weight excluding hydrogens is 422 g/mol. The number of esters is 1. The first kappa shape index (κ1) is 26.3. The van der Waals surface area contributed by atoms with Crippen LogP contribution < -0.4 is 18.9 Å². The highest BCUT2D eigenvalue weighted by atomic mass is 16.5. The molecule has 0 aromatic heterocycles. The van der Waals surface area contributed by atoms with Crippen molar-refractivity contribution in [1.82, 2.24) is 4.90 Å². The fourth-order valence-electron chi connectivity index (χ4n) is 3.87. The maximum Gasteiger partial charge on any atom is 0.338 e. The van der Waals surface area contributed by atoms with E-state index in [1.165, 1.54) is 26.9 Å². The average molecular weight is 460 g/mol. The zero-order valence-electron chi connectivity index (χ0n) is 20.7. The summed E-state index contributed by atoms with van der Waals surface area (Å²) in [7, 11) is 6.26. The fraction of sp³-hybridized carbons (Fsp3) is 0.500. The van der Waals surface area contributed by atoms with Crippen LogP contribution in [0.25, 0.3) is 0 Å². The van der Waals surface area contributed by atoms with Gasteiger partial charge in [-0.3, -0.25) is 0 Å². The lowest BCUT2D eigenvalue weighted by molar-refractivity contribution is 0.0492. The van der Waals surface area contributed by atoms with Crippen LogP contribution in [0.3, 0.4) is 0 Å². The molecule has 0 saturated heterocycles. The summed E-state index contributed by atoms with van der Waals surface area (Å²) in [6, 6.07) is 11.7. The third kappa shape index (κ3) is 7.29. The second kappa shape index (κ2) is 13.6. The minimum Gasteiger partial charge on any atom is -0.496 e. The molecule has 2 rings (SSSR count). The summed E-state index contributed by atoms with van der Waals surface area (Å²) in [5.41, 5.74) is 1.58. The van der Waals surface area contributed by atoms with Crippen molar-refractivity contribution in [2.24, 2.45) is 0 Å². The summed E-state index contributed by atoms with van der Waals surface area (Å²) in [6.45, 7) is 6.66. The van der Waals surface area contributed by atoms with E-state index < -0.39 is 5.97 Å². The molecule has 0 bridgehead atoms. The minimum atomic E-state index is -0.411. The van der Waals surface area contributed by atoms with Crippen LogP contribution in [0.4, 0.5) is 0 Å². The molecular formula is C26H37NO6. The van der Waals surface area contributed by atoms with Gasteiger partial charge in [0.2, 0.25) is 5.75 Å². The van der Waals surface area contributed by atoms with Crippen LogP contribution in [0.5, 0.6) is 23.0 Å². The number of likely N-dealkylation sites (N-methyl/N-ethyl adjacent to an activating group) is 1. The van der Waals surface area contributed by atoms with Gasteiger partial charge in [0.25, 0.3) is 0 Å². The van der Waals surface area contributed by atoms with E-state index >= 15 is 0 Å². The number of hydrogen-bond donors (Lipinski definition) is 0. The Hall–Kier alpha value is -2.93. The highest BCUT2D eigenvalue weighted by Crippen LogP contribution is 2.38. The highest BCUT2D eigenvalue weighted by Gasteiger charge is 2.18. The smallest absolute Gasteiger partial charge is 0.338 e. The molecule has 7 heteroatoms. The lowest BCUT2D eigenvalue weighted by Crippen LogP contribution is -2.35. The van der Waals surface area contributed by atoms with Crippen molar-refractivity contribution >= 4 is 5.97 Å². The van der Waals surface area contributed by atoms with E-state index in [1.54, 1.807) is 19.2 Å². The van der Waals surface area contributed by atoms with E-state index in [0.717, 1.165) is 38.1 Å². The largest absolute Gasteiger partial charge is 0.496 e. The first-order chi connectivity index (χ1) is 16.0. The van der Waals surface area contributed by atoms with Gasteiger partial charge in [0, 0.05) is 6.04 Å². The van der Waals surface area contributed by atoms with Crippen molar-refractivity contribution in [3.05, 3.63) is 47.5 Å². The first-order valence-electron chi connectivity index (χ1n) is 11.3. The number of nitrogens with zero attached hydrogens (tertiary/aromatic N) is 1. The average Bonchev–Trinajstić information content (AvgIpc) is 2.85. The van der Waals surface area contributed by atoms with Gasteiger partial charge in [0.05, 0.1) is 40.6 Å². The monoisotopic (exact) mass is 459 g/mol. The molecule has 1 atom stereocenters. The summed E-state index contributed by atoms with van der Waals surface area (Å²) >= 11 is 0. The number of unbranched alkanes of at least 4 members (excludes halogenated alkanes) is 1. The maximum absolute atomic E-state index is 12.5. The van der Waals surface area contributed by atoms with Crippen LogP contribution in [0, 0.1) is 0 Å². The molecule has 0 aliphatic carbocycles. The van der Waals surface area contributed by atoms with Crippen LogP contribution >= 0.6 is 0 Å². The number of methoxy groups -OCH3 is 4. The third-order valence-electron chi connectivity index (χ3n) is 5.71. The molecule has 0 radical (unpaired) electrons. The van der Waals surface area contributed by atoms with Gasteiger partial charge in [-0.2, -0.15) is 0 Å². The summed E-state index contributed by atoms with van der Waals surface area (Å²) in [6.07, 6.45) is 2.65. The quantitative estimate of drug-likeness (QED) is 0.302. The molecule has 1 unspecified atom stereocenters. The molecule has 7 nitrogen and oxygen atoms in total. The minimum absolute atomic E-state index is 0.355. The summed E-state index contributed by atoms with van der Waals surface area (Å²) in [4.78, 5) is 14.9. The summed E-state index contributed by atoms with van der Waals surface area (Å²) in [5.74, 6) is 1.81. The standard InChI is InChI=1S/C26H37NO6/c1-7-27(19(2)16-20-12-8-9-13-22(20)29-3)14-10-11-15-33-26(28)21-17-23(30-4)25(32-6)24(18-21)31-5/h8-9,12-13,17-19H,7,10-11,14-16H2,1-6H3. The van der Waals surface area contributed by atoms with Crippen molar-refractivity contribution in [2.75, 3.05) is 48.1 Å². The summed E-state index contributed by atoms with van der Waals surface area (Å²) < 4.78 is 26.9. The normalized spacial score (nSPS) is 11.7. The Labute approximate surface area is 197 Å². The fourth-order valence-corrected chi connectivity index (χ4v) is 3.87. The van der Waals surface area contributed by atoms with Crippen molar-refractivity contribution in [3.8, 4) is 23.0 Å². The van der Waals surface area contributed by atoms with E-state index in [-0.39, 0.29) is 0 Å². The van der Waals surface area contributed by atoms with E-state index in [9.17, 15) is 4.79 Å². The Morgan fingerprint density at radius 2 is 1.55 bits per heavy atom. The number of carbonyl (C=O) groups is 1. The van der Waals surface area contributed by atoms with Gasteiger partial charge < -0.3 is 28.6 Å². The highest BCUT2D eigenvalue weighted by molar-refractivity contribution is 5.91. The molecule has 0 N–H and O–H groups in total. The third-order valence-corrected chi connectivity index (χ3v) is 5.71. The lowest BCUT2D eigenvalue weighted by atomic mass is 10.0. The molecule has 33 heavy (non-hydrogen) atoms. The van der Waals surface area contributed by atoms with Crippen LogP contribution in [0.1, 0.15) is 42.6 Å². The second-order valence-corrected chi connectivity index (χ2v) is 7.75. The number of hydrogen-bond acceptors (Lipinski definition) is 7. The molecule has 2 aromatic rings. The Kier molecular flexibility index (Phi) is 10.8. The first-order valence-corrected chi connectivity index (χ1v) is 11.3. The molecule has 0 aliphatic rings. The molecule has 0 amide bonds. The van der Waals surface area contributed by atoms with E-state index in [0.29, 0.717) is 35.5 Å². The summed E-state index contributed by atoms with van der Waals surface area (Å²) in [5, 5.41) is 0. The molecule has 0 heterocycles. The zero-order chi connectivity index (χ0) is 24.2. The molecule has 0 fully saturated rings. The SMILES string of the molecule is CCN(CCCCOC(=O)c1cc(OC)c(OC)c(OC)c1)C(C)Cc1ccccc1OC. The van der Waals surface area contributed by atoms with Crippen LogP contribution in [0.2, 0.25) is 0 Å². The van der Waals surface area contributed by atoms with E-state index in [2.05, 4.69) is 24.8 Å². The van der Waals surface area contributed by atoms with Crippen molar-refractivity contribution in [3.63, 3.8) is 0 Å². The molecule has 182 valence electrons. The molecule has 2 aromatic carbocycles. The zero-order valence-corrected chi connectivity index (χ0v) is 20.7. The van der Waals surface area contributed by atoms with Gasteiger partial charge in [0.15, 0.2) is 11.5 Å².